The molecule has 4 aromatic rings. The molecular formula is C19H22N8O2S2. The summed E-state index contributed by atoms with van der Waals surface area (Å²) in [5.74, 6) is 0.733. The minimum atomic E-state index is -3.19. The fraction of sp³-hybridized carbons (Fsp3) is 0.368. The molecule has 4 aromatic heterocycles. The number of sulfonamides is 1. The number of aromatic nitrogens is 6. The Bertz CT molecular complexity index is 1340. The van der Waals surface area contributed by atoms with Crippen molar-refractivity contribution >= 4 is 38.0 Å². The Labute approximate surface area is 183 Å². The average Bonchev–Trinajstić information content (AvgIpc) is 3.47. The van der Waals surface area contributed by atoms with Crippen molar-refractivity contribution in [2.45, 2.75) is 18.8 Å². The molecule has 0 aliphatic carbocycles. The molecule has 0 bridgehead atoms. The summed E-state index contributed by atoms with van der Waals surface area (Å²) in [6.45, 7) is 1.06. The smallest absolute Gasteiger partial charge is 0.211 e. The van der Waals surface area contributed by atoms with Gasteiger partial charge in [0.25, 0.3) is 0 Å². The number of hydrogen-bond donors (Lipinski definition) is 1. The zero-order valence-corrected chi connectivity index (χ0v) is 18.8. The van der Waals surface area contributed by atoms with Crippen molar-refractivity contribution in [1.82, 2.24) is 32.8 Å². The van der Waals surface area contributed by atoms with Gasteiger partial charge in [0.15, 0.2) is 11.5 Å². The first-order valence-electron chi connectivity index (χ1n) is 9.88. The van der Waals surface area contributed by atoms with Crippen LogP contribution in [0.1, 0.15) is 24.5 Å². The second kappa shape index (κ2) is 7.70. The van der Waals surface area contributed by atoms with E-state index >= 15 is 0 Å². The van der Waals surface area contributed by atoms with Crippen LogP contribution in [-0.4, -0.2) is 60.6 Å². The molecular weight excluding hydrogens is 436 g/mol. The number of rotatable bonds is 5. The van der Waals surface area contributed by atoms with Crippen LogP contribution in [0.2, 0.25) is 0 Å². The monoisotopic (exact) mass is 458 g/mol. The van der Waals surface area contributed by atoms with Gasteiger partial charge < -0.3 is 5.32 Å². The van der Waals surface area contributed by atoms with Crippen molar-refractivity contribution in [2.75, 3.05) is 24.7 Å². The fourth-order valence-corrected chi connectivity index (χ4v) is 5.55. The number of imidazole rings is 1. The summed E-state index contributed by atoms with van der Waals surface area (Å²) in [6.07, 6.45) is 12.2. The highest BCUT2D eigenvalue weighted by Crippen LogP contribution is 2.32. The summed E-state index contributed by atoms with van der Waals surface area (Å²) in [4.78, 5) is 9.00. The van der Waals surface area contributed by atoms with Gasteiger partial charge in [0.2, 0.25) is 10.0 Å². The molecule has 0 spiro atoms. The van der Waals surface area contributed by atoms with Gasteiger partial charge >= 0.3 is 0 Å². The van der Waals surface area contributed by atoms with Crippen molar-refractivity contribution in [3.63, 3.8) is 0 Å². The van der Waals surface area contributed by atoms with Gasteiger partial charge in [-0.3, -0.25) is 9.08 Å². The predicted octanol–water partition coefficient (Wildman–Crippen LogP) is 2.47. The predicted molar refractivity (Wildman–Crippen MR) is 119 cm³/mol. The molecule has 5 heterocycles. The molecule has 1 fully saturated rings. The summed E-state index contributed by atoms with van der Waals surface area (Å²) in [7, 11) is -1.31. The second-order valence-electron chi connectivity index (χ2n) is 7.72. The summed E-state index contributed by atoms with van der Waals surface area (Å²) in [5, 5.41) is 8.41. The van der Waals surface area contributed by atoms with Gasteiger partial charge in [-0.15, -0.1) is 0 Å². The zero-order valence-electron chi connectivity index (χ0n) is 17.1. The Hall–Kier alpha value is -2.83. The summed E-state index contributed by atoms with van der Waals surface area (Å²) in [6, 6.07) is 1.98. The number of aryl methyl sites for hydroxylation is 1. The van der Waals surface area contributed by atoms with Crippen LogP contribution < -0.4 is 5.32 Å². The van der Waals surface area contributed by atoms with Crippen molar-refractivity contribution in [3.05, 3.63) is 42.7 Å². The molecule has 162 valence electrons. The van der Waals surface area contributed by atoms with Crippen LogP contribution in [0.3, 0.4) is 0 Å². The zero-order chi connectivity index (χ0) is 21.6. The van der Waals surface area contributed by atoms with E-state index in [4.69, 9.17) is 0 Å². The maximum atomic E-state index is 11.9. The van der Waals surface area contributed by atoms with Crippen molar-refractivity contribution < 1.29 is 8.42 Å². The van der Waals surface area contributed by atoms with Crippen LogP contribution >= 0.6 is 11.5 Å². The van der Waals surface area contributed by atoms with Gasteiger partial charge in [-0.25, -0.2) is 22.7 Å². The fourth-order valence-electron chi connectivity index (χ4n) is 3.92. The molecule has 0 unspecified atom stereocenters. The van der Waals surface area contributed by atoms with E-state index in [2.05, 4.69) is 24.8 Å². The van der Waals surface area contributed by atoms with Crippen LogP contribution in [0.5, 0.6) is 0 Å². The molecule has 10 nitrogen and oxygen atoms in total. The maximum Gasteiger partial charge on any atom is 0.211 e. The van der Waals surface area contributed by atoms with E-state index < -0.39 is 10.0 Å². The van der Waals surface area contributed by atoms with Crippen molar-refractivity contribution in [1.29, 1.82) is 0 Å². The van der Waals surface area contributed by atoms with E-state index in [-0.39, 0.29) is 5.92 Å². The van der Waals surface area contributed by atoms with Gasteiger partial charge in [0.1, 0.15) is 5.00 Å². The highest BCUT2D eigenvalue weighted by molar-refractivity contribution is 7.88. The molecule has 1 aliphatic rings. The van der Waals surface area contributed by atoms with E-state index in [1.165, 1.54) is 17.8 Å². The summed E-state index contributed by atoms with van der Waals surface area (Å²) in [5.41, 5.74) is 3.52. The molecule has 5 rings (SSSR count). The molecule has 0 amide bonds. The normalized spacial score (nSPS) is 17.9. The molecule has 31 heavy (non-hydrogen) atoms. The summed E-state index contributed by atoms with van der Waals surface area (Å²) >= 11 is 1.34. The second-order valence-corrected chi connectivity index (χ2v) is 10.5. The maximum absolute atomic E-state index is 11.9. The third-order valence-corrected chi connectivity index (χ3v) is 7.46. The lowest BCUT2D eigenvalue weighted by atomic mass is 9.96. The average molecular weight is 459 g/mol. The first kappa shape index (κ1) is 20.1. The van der Waals surface area contributed by atoms with E-state index in [9.17, 15) is 8.42 Å². The van der Waals surface area contributed by atoms with E-state index in [1.807, 2.05) is 29.9 Å². The van der Waals surface area contributed by atoms with Crippen LogP contribution in [-0.2, 0) is 17.1 Å². The molecule has 1 N–H and O–H groups in total. The number of nitrogens with zero attached hydrogens (tertiary/aromatic N) is 7. The van der Waals surface area contributed by atoms with Crippen molar-refractivity contribution in [3.8, 4) is 11.3 Å². The highest BCUT2D eigenvalue weighted by Gasteiger charge is 2.28. The summed E-state index contributed by atoms with van der Waals surface area (Å²) < 4.78 is 33.7. The van der Waals surface area contributed by atoms with E-state index in [0.29, 0.717) is 24.6 Å². The Morgan fingerprint density at radius 2 is 2.13 bits per heavy atom. The topological polar surface area (TPSA) is 110 Å². The van der Waals surface area contributed by atoms with E-state index in [1.54, 1.807) is 27.6 Å². The Kier molecular flexibility index (Phi) is 4.99. The number of piperidine rings is 1. The number of nitrogens with one attached hydrogen (secondary N) is 1. The number of anilines is 2. The molecule has 1 atom stereocenters. The van der Waals surface area contributed by atoms with Crippen molar-refractivity contribution in [2.24, 2.45) is 7.05 Å². The molecule has 12 heteroatoms. The van der Waals surface area contributed by atoms with Gasteiger partial charge in [0.05, 0.1) is 30.0 Å². The van der Waals surface area contributed by atoms with Gasteiger partial charge in [-0.1, -0.05) is 0 Å². The number of fused-ring (bicyclic) bond motifs is 1. The lowest BCUT2D eigenvalue weighted by Crippen LogP contribution is -2.38. The largest absolute Gasteiger partial charge is 0.328 e. The SMILES string of the molecule is Cn1cc(-c2cnc3c(Nc4cc([C@H]5CCCN(S(C)(=O)=O)C5)ns4)nccn23)cn1. The first-order valence-corrected chi connectivity index (χ1v) is 12.5. The molecule has 1 aliphatic heterocycles. The molecule has 0 aromatic carbocycles. The first-order chi connectivity index (χ1) is 14.9. The molecule has 0 radical (unpaired) electrons. The standard InChI is InChI=1S/C19H22N8O2S2/c1-25-11-14(9-22-25)16-10-21-19-18(20-5-7-27(16)19)23-17-8-15(24-30-17)13-4-3-6-26(12-13)31(2,28)29/h5,7-11,13H,3-4,6,12H2,1-2H3,(H,20,23)/t13-/m0/s1. The van der Waals surface area contributed by atoms with Crippen LogP contribution in [0.25, 0.3) is 16.9 Å². The lowest BCUT2D eigenvalue weighted by Gasteiger charge is -2.29. The van der Waals surface area contributed by atoms with Gasteiger partial charge in [-0.05, 0) is 30.4 Å². The third-order valence-electron chi connectivity index (χ3n) is 5.47. The van der Waals surface area contributed by atoms with Gasteiger partial charge in [-0.2, -0.15) is 9.47 Å². The molecule has 1 saturated heterocycles. The lowest BCUT2D eigenvalue weighted by molar-refractivity contribution is 0.315. The highest BCUT2D eigenvalue weighted by atomic mass is 32.2. The Morgan fingerprint density at radius 1 is 1.26 bits per heavy atom. The molecule has 0 saturated carbocycles. The minimum Gasteiger partial charge on any atom is -0.328 e. The van der Waals surface area contributed by atoms with Crippen LogP contribution in [0.15, 0.2) is 37.1 Å². The minimum absolute atomic E-state index is 0.0997. The third kappa shape index (κ3) is 3.93. The Balaban J connectivity index is 1.39. The van der Waals surface area contributed by atoms with Crippen LogP contribution in [0, 0.1) is 0 Å². The quantitative estimate of drug-likeness (QED) is 0.489. The Morgan fingerprint density at radius 3 is 2.90 bits per heavy atom. The number of hydrogen-bond acceptors (Lipinski definition) is 8. The van der Waals surface area contributed by atoms with Gasteiger partial charge in [0, 0.05) is 50.2 Å². The van der Waals surface area contributed by atoms with Crippen LogP contribution in [0.4, 0.5) is 10.8 Å². The van der Waals surface area contributed by atoms with E-state index in [0.717, 1.165) is 34.8 Å².